The van der Waals surface area contributed by atoms with Gasteiger partial charge in [0, 0.05) is 41.6 Å². The monoisotopic (exact) mass is 344 g/mol. The molecule has 1 aliphatic rings. The Hall–Kier alpha value is -3.47. The second-order valence-electron chi connectivity index (χ2n) is 6.30. The Balaban J connectivity index is 1.65. The van der Waals surface area contributed by atoms with Gasteiger partial charge >= 0.3 is 0 Å². The minimum Gasteiger partial charge on any atom is -0.388 e. The molecule has 1 aromatic heterocycles. The van der Waals surface area contributed by atoms with Crippen LogP contribution in [0.2, 0.25) is 0 Å². The second-order valence-corrected chi connectivity index (χ2v) is 6.30. The summed E-state index contributed by atoms with van der Waals surface area (Å²) < 4.78 is 0. The molecule has 0 saturated carbocycles. The number of hydrogen-bond acceptors (Lipinski definition) is 3. The van der Waals surface area contributed by atoms with Gasteiger partial charge in [-0.1, -0.05) is 12.1 Å². The van der Waals surface area contributed by atoms with E-state index in [1.165, 1.54) is 0 Å². The molecule has 130 valence electrons. The van der Waals surface area contributed by atoms with Gasteiger partial charge in [0.2, 0.25) is 0 Å². The molecule has 0 atom stereocenters. The van der Waals surface area contributed by atoms with Crippen molar-refractivity contribution in [2.45, 2.75) is 6.92 Å². The van der Waals surface area contributed by atoms with Gasteiger partial charge in [-0.15, -0.1) is 0 Å². The number of carbonyl (C=O) groups is 1. The average Bonchev–Trinajstić information content (AvgIpc) is 3.25. The summed E-state index contributed by atoms with van der Waals surface area (Å²) in [5, 5.41) is 9.53. The number of anilines is 4. The summed E-state index contributed by atoms with van der Waals surface area (Å²) in [6.07, 6.45) is 3.71. The van der Waals surface area contributed by atoms with Crippen molar-refractivity contribution in [3.8, 4) is 0 Å². The van der Waals surface area contributed by atoms with Gasteiger partial charge in [-0.2, -0.15) is 0 Å². The first-order valence-electron chi connectivity index (χ1n) is 8.50. The largest absolute Gasteiger partial charge is 0.388 e. The first-order chi connectivity index (χ1) is 12.6. The summed E-state index contributed by atoms with van der Waals surface area (Å²) in [6, 6.07) is 16.0. The molecule has 0 spiro atoms. The number of nitrogens with one attached hydrogen (secondary N) is 4. The van der Waals surface area contributed by atoms with E-state index < -0.39 is 0 Å². The first kappa shape index (κ1) is 16.0. The lowest BCUT2D eigenvalue weighted by atomic mass is 10.1. The molecule has 0 unspecified atom stereocenters. The number of aromatic nitrogens is 1. The normalized spacial score (nSPS) is 14.2. The maximum atomic E-state index is 12.3. The Bertz CT molecular complexity index is 1000. The lowest BCUT2D eigenvalue weighted by Crippen LogP contribution is -2.03. The van der Waals surface area contributed by atoms with Crippen LogP contribution < -0.4 is 16.0 Å². The number of H-pyrrole nitrogens is 1. The van der Waals surface area contributed by atoms with Gasteiger partial charge in [0.15, 0.2) is 0 Å². The Morgan fingerprint density at radius 2 is 1.88 bits per heavy atom. The zero-order chi connectivity index (χ0) is 18.1. The lowest BCUT2D eigenvalue weighted by Gasteiger charge is -2.12. The summed E-state index contributed by atoms with van der Waals surface area (Å²) in [4.78, 5) is 15.4. The highest BCUT2D eigenvalue weighted by Crippen LogP contribution is 2.36. The lowest BCUT2D eigenvalue weighted by molar-refractivity contribution is -0.110. The van der Waals surface area contributed by atoms with E-state index in [4.69, 9.17) is 0 Å². The molecular weight excluding hydrogens is 324 g/mol. The van der Waals surface area contributed by atoms with Crippen LogP contribution in [0.4, 0.5) is 22.7 Å². The van der Waals surface area contributed by atoms with E-state index in [1.54, 1.807) is 0 Å². The molecule has 0 bridgehead atoms. The van der Waals surface area contributed by atoms with Gasteiger partial charge in [-0.25, -0.2) is 0 Å². The number of aromatic amines is 1. The standard InChI is InChI=1S/C21H20N4O/c1-13-5-6-14(22-2)11-19(13)24-16-7-8-17-18(10-15-4-3-9-23-15)21(26)25-20(17)12-16/h3-12,22-24H,1-2H3,(H,25,26)/b18-10-. The molecule has 5 heteroatoms. The molecule has 0 fully saturated rings. The molecule has 4 rings (SSSR count). The van der Waals surface area contributed by atoms with Crippen molar-refractivity contribution in [2.75, 3.05) is 23.0 Å². The van der Waals surface area contributed by atoms with Crippen molar-refractivity contribution in [2.24, 2.45) is 0 Å². The molecule has 4 N–H and O–H groups in total. The van der Waals surface area contributed by atoms with Gasteiger partial charge in [0.05, 0.1) is 11.3 Å². The fraction of sp³-hybridized carbons (Fsp3) is 0.0952. The van der Waals surface area contributed by atoms with E-state index in [0.29, 0.717) is 5.57 Å². The van der Waals surface area contributed by atoms with Crippen LogP contribution in [0.15, 0.2) is 54.7 Å². The average molecular weight is 344 g/mol. The van der Waals surface area contributed by atoms with Crippen LogP contribution in [0.3, 0.4) is 0 Å². The van der Waals surface area contributed by atoms with E-state index >= 15 is 0 Å². The Morgan fingerprint density at radius 3 is 2.65 bits per heavy atom. The number of hydrogen-bond donors (Lipinski definition) is 4. The Kier molecular flexibility index (Phi) is 3.97. The van der Waals surface area contributed by atoms with Crippen LogP contribution in [-0.2, 0) is 4.79 Å². The van der Waals surface area contributed by atoms with Crippen LogP contribution in [-0.4, -0.2) is 17.9 Å². The third-order valence-electron chi connectivity index (χ3n) is 4.53. The molecule has 0 aliphatic carbocycles. The molecule has 5 nitrogen and oxygen atoms in total. The third-order valence-corrected chi connectivity index (χ3v) is 4.53. The van der Waals surface area contributed by atoms with Gasteiger partial charge in [0.25, 0.3) is 5.91 Å². The van der Waals surface area contributed by atoms with Crippen LogP contribution in [0, 0.1) is 6.92 Å². The van der Waals surface area contributed by atoms with E-state index in [-0.39, 0.29) is 5.91 Å². The Morgan fingerprint density at radius 1 is 1.04 bits per heavy atom. The third kappa shape index (κ3) is 2.95. The van der Waals surface area contributed by atoms with Crippen LogP contribution in [0.1, 0.15) is 16.8 Å². The van der Waals surface area contributed by atoms with E-state index in [1.807, 2.05) is 55.7 Å². The van der Waals surface area contributed by atoms with Gasteiger partial charge in [-0.05, 0) is 55.0 Å². The summed E-state index contributed by atoms with van der Waals surface area (Å²) in [6.45, 7) is 2.06. The zero-order valence-corrected chi connectivity index (χ0v) is 14.7. The van der Waals surface area contributed by atoms with Crippen LogP contribution >= 0.6 is 0 Å². The Labute approximate surface area is 152 Å². The maximum absolute atomic E-state index is 12.3. The smallest absolute Gasteiger partial charge is 0.256 e. The van der Waals surface area contributed by atoms with Crippen molar-refractivity contribution in [1.82, 2.24) is 4.98 Å². The number of rotatable bonds is 4. The summed E-state index contributed by atoms with van der Waals surface area (Å²) in [5.74, 6) is -0.0832. The highest BCUT2D eigenvalue weighted by molar-refractivity contribution is 6.35. The highest BCUT2D eigenvalue weighted by atomic mass is 16.2. The molecule has 2 heterocycles. The predicted octanol–water partition coefficient (Wildman–Crippen LogP) is 4.60. The summed E-state index contributed by atoms with van der Waals surface area (Å²) in [5.41, 5.74) is 7.47. The minimum atomic E-state index is -0.0832. The molecule has 2 aromatic carbocycles. The van der Waals surface area contributed by atoms with Crippen molar-refractivity contribution in [3.05, 3.63) is 71.5 Å². The van der Waals surface area contributed by atoms with Crippen molar-refractivity contribution in [1.29, 1.82) is 0 Å². The number of carbonyl (C=O) groups excluding carboxylic acids is 1. The van der Waals surface area contributed by atoms with Crippen molar-refractivity contribution in [3.63, 3.8) is 0 Å². The van der Waals surface area contributed by atoms with Gasteiger partial charge in [-0.3, -0.25) is 4.79 Å². The molecular formula is C21H20N4O. The van der Waals surface area contributed by atoms with Crippen LogP contribution in [0.5, 0.6) is 0 Å². The number of amides is 1. The predicted molar refractivity (Wildman–Crippen MR) is 108 cm³/mol. The number of aryl methyl sites for hydroxylation is 1. The summed E-state index contributed by atoms with van der Waals surface area (Å²) in [7, 11) is 1.90. The summed E-state index contributed by atoms with van der Waals surface area (Å²) >= 11 is 0. The molecule has 3 aromatic rings. The van der Waals surface area contributed by atoms with Crippen molar-refractivity contribution < 1.29 is 4.79 Å². The second kappa shape index (κ2) is 6.44. The molecule has 1 amide bonds. The van der Waals surface area contributed by atoms with E-state index in [2.05, 4.69) is 40.0 Å². The quantitative estimate of drug-likeness (QED) is 0.523. The fourth-order valence-corrected chi connectivity index (χ4v) is 3.07. The fourth-order valence-electron chi connectivity index (χ4n) is 3.07. The number of fused-ring (bicyclic) bond motifs is 1. The zero-order valence-electron chi connectivity index (χ0n) is 14.7. The molecule has 26 heavy (non-hydrogen) atoms. The SMILES string of the molecule is CNc1ccc(C)c(Nc2ccc3c(c2)NC(=O)/C3=C\c2ccc[nH]2)c1. The van der Waals surface area contributed by atoms with E-state index in [9.17, 15) is 4.79 Å². The van der Waals surface area contributed by atoms with E-state index in [0.717, 1.165) is 39.6 Å². The highest BCUT2D eigenvalue weighted by Gasteiger charge is 2.24. The van der Waals surface area contributed by atoms with Crippen molar-refractivity contribution >= 4 is 40.3 Å². The number of benzene rings is 2. The molecule has 0 saturated heterocycles. The molecule has 0 radical (unpaired) electrons. The van der Waals surface area contributed by atoms with Gasteiger partial charge in [0.1, 0.15) is 0 Å². The minimum absolute atomic E-state index is 0.0832. The molecule has 1 aliphatic heterocycles. The first-order valence-corrected chi connectivity index (χ1v) is 8.50. The van der Waals surface area contributed by atoms with Crippen LogP contribution in [0.25, 0.3) is 11.6 Å². The topological polar surface area (TPSA) is 68.9 Å². The van der Waals surface area contributed by atoms with Gasteiger partial charge < -0.3 is 20.9 Å². The maximum Gasteiger partial charge on any atom is 0.256 e.